The maximum Gasteiger partial charge on any atom is 0.460 e. The van der Waals surface area contributed by atoms with Gasteiger partial charge in [-0.1, -0.05) is 51.4 Å². The van der Waals surface area contributed by atoms with E-state index in [2.05, 4.69) is 27.7 Å². The molecule has 0 aromatic heterocycles. The van der Waals surface area contributed by atoms with Crippen LogP contribution in [0.4, 0.5) is 105 Å². The molecule has 0 rings (SSSR count). The Morgan fingerprint density at radius 2 is 0.589 bits per heavy atom. The van der Waals surface area contributed by atoms with E-state index in [1.54, 1.807) is 0 Å². The molecule has 0 spiro atoms. The average molecular weight is 1180 g/mol. The van der Waals surface area contributed by atoms with Gasteiger partial charge in [0.15, 0.2) is 5.25 Å². The maximum absolute atomic E-state index is 14.7. The van der Waals surface area contributed by atoms with Crippen molar-refractivity contribution in [1.82, 2.24) is 0 Å². The molecule has 0 saturated carbocycles. The summed E-state index contributed by atoms with van der Waals surface area (Å²) in [6.07, 6.45) is 1.51. The molecule has 0 aliphatic heterocycles. The minimum atomic E-state index is -9.57. The highest BCUT2D eigenvalue weighted by Gasteiger charge is 2.99. The molecule has 0 aromatic rings. The van der Waals surface area contributed by atoms with Crippen molar-refractivity contribution in [2.45, 2.75) is 183 Å². The fourth-order valence-corrected chi connectivity index (χ4v) is 8.46. The van der Waals surface area contributed by atoms with Crippen molar-refractivity contribution >= 4 is 20.2 Å². The molecular weight excluding hydrogens is 1110 g/mol. The molecule has 0 radical (unpaired) electrons. The van der Waals surface area contributed by atoms with Gasteiger partial charge in [0.2, 0.25) is 0 Å². The topological polar surface area (TPSA) is 114 Å². The van der Waals surface area contributed by atoms with Crippen molar-refractivity contribution in [3.63, 3.8) is 0 Å². The molecule has 0 heterocycles. The van der Waals surface area contributed by atoms with Crippen molar-refractivity contribution in [1.29, 1.82) is 0 Å². The first-order valence-corrected chi connectivity index (χ1v) is 25.4. The Kier molecular flexibility index (Phi) is 27.9. The number of nitrogens with zero attached hydrogens (tertiary/aromatic N) is 2. The normalized spacial score (nSPS) is 15.4. The zero-order valence-corrected chi connectivity index (χ0v) is 42.1. The largest absolute Gasteiger partial charge is 0.748 e. The first kappa shape index (κ1) is 75.3. The Morgan fingerprint density at radius 3 is 0.795 bits per heavy atom. The van der Waals surface area contributed by atoms with Crippen molar-refractivity contribution in [3.05, 3.63) is 0 Å². The van der Waals surface area contributed by atoms with Gasteiger partial charge in [-0.3, -0.25) is 4.39 Å². The summed E-state index contributed by atoms with van der Waals surface area (Å²) in [4.78, 5) is 0. The molecule has 1 atom stereocenters. The SMILES string of the molecule is CC[N+](CC)(CC)CC.CC[N+](CC)(CC)CC(C(F)(F)C(F)(F)C(F)(F)C(F)(F)C(F)(F)C(F)(F)C(F)(F)C(F)(F)C(F)(F)C(F)(F)C(F)(F)F)S(=O)(=O)[O-].O=S(=O)([O-])CCCCCCCCCCCCF. The quantitative estimate of drug-likeness (QED) is 0.0287. The Balaban J connectivity index is -0.00000153. The lowest BCUT2D eigenvalue weighted by molar-refractivity contribution is -0.923. The third kappa shape index (κ3) is 16.5. The molecule has 0 amide bonds. The standard InChI is InChI=1S/C19H18F23NO3S.C12H25FO3S.C8H20N/c1-4-43(5-2,6-3)7-8(47(44,45)46)9(20,21)10(22,23)11(24,25)12(26,27)13(28,29)14(30,31)15(32,33)16(34,35)17(36,37)18(38,39)19(40,41)42;13-11-9-7-5-3-1-2-4-6-8-10-12-17(14,15)16;1-5-9(6-2,7-3)8-4/h8H,4-7H2,1-3H3;1-12H2,(H,14,15,16);5-8H2,1-4H3/q;;+1/p-1. The molecular formula is C39H62F24N2O6S2. The predicted octanol–water partition coefficient (Wildman–Crippen LogP) is 13.0. The zero-order chi connectivity index (χ0) is 59.2. The Morgan fingerprint density at radius 1 is 0.356 bits per heavy atom. The summed E-state index contributed by atoms with van der Waals surface area (Å²) in [6, 6.07) is 0. The van der Waals surface area contributed by atoms with Gasteiger partial charge in [0.05, 0.1) is 62.6 Å². The lowest BCUT2D eigenvalue weighted by atomic mass is 9.85. The van der Waals surface area contributed by atoms with Crippen LogP contribution in [0, 0.1) is 0 Å². The van der Waals surface area contributed by atoms with Gasteiger partial charge in [-0.25, -0.2) is 16.8 Å². The molecule has 0 bridgehead atoms. The van der Waals surface area contributed by atoms with Gasteiger partial charge in [0, 0.05) is 5.75 Å². The monoisotopic (exact) mass is 1170 g/mol. The molecule has 8 nitrogen and oxygen atoms in total. The zero-order valence-electron chi connectivity index (χ0n) is 40.5. The summed E-state index contributed by atoms with van der Waals surface area (Å²) in [6.45, 7) is 12.6. The highest BCUT2D eigenvalue weighted by molar-refractivity contribution is 7.86. The lowest BCUT2D eigenvalue weighted by Gasteiger charge is -2.46. The number of halogens is 24. The van der Waals surface area contributed by atoms with Crippen molar-refractivity contribution in [2.24, 2.45) is 0 Å². The van der Waals surface area contributed by atoms with Gasteiger partial charge in [0.25, 0.3) is 0 Å². The minimum Gasteiger partial charge on any atom is -0.748 e. The summed E-state index contributed by atoms with van der Waals surface area (Å²) in [5.41, 5.74) is 0. The van der Waals surface area contributed by atoms with E-state index in [0.717, 1.165) is 65.7 Å². The van der Waals surface area contributed by atoms with Gasteiger partial charge >= 0.3 is 65.4 Å². The molecule has 444 valence electrons. The van der Waals surface area contributed by atoms with E-state index in [0.29, 0.717) is 12.8 Å². The van der Waals surface area contributed by atoms with E-state index in [-0.39, 0.29) is 12.4 Å². The molecule has 0 aromatic carbocycles. The van der Waals surface area contributed by atoms with Crippen molar-refractivity contribution in [3.8, 4) is 0 Å². The summed E-state index contributed by atoms with van der Waals surface area (Å²) in [5, 5.41) is -4.89. The predicted molar refractivity (Wildman–Crippen MR) is 215 cm³/mol. The first-order valence-electron chi connectivity index (χ1n) is 22.3. The number of alkyl halides is 24. The molecule has 73 heavy (non-hydrogen) atoms. The number of hydrogen-bond acceptors (Lipinski definition) is 6. The van der Waals surface area contributed by atoms with Crippen LogP contribution in [0.5, 0.6) is 0 Å². The number of unbranched alkanes of at least 4 members (excludes halogenated alkanes) is 9. The van der Waals surface area contributed by atoms with Crippen LogP contribution < -0.4 is 0 Å². The molecule has 34 heteroatoms. The average Bonchev–Trinajstić information content (AvgIpc) is 3.25. The van der Waals surface area contributed by atoms with Gasteiger partial charge in [-0.05, 0) is 61.3 Å². The minimum absolute atomic E-state index is 0.206. The van der Waals surface area contributed by atoms with Gasteiger partial charge in [-0.2, -0.15) is 101 Å². The summed E-state index contributed by atoms with van der Waals surface area (Å²) in [7, 11) is -11.2. The Labute approximate surface area is 408 Å². The Hall–Kier alpha value is -1.94. The van der Waals surface area contributed by atoms with E-state index in [9.17, 15) is 131 Å². The van der Waals surface area contributed by atoms with Crippen LogP contribution in [-0.4, -0.2) is 170 Å². The first-order chi connectivity index (χ1) is 32.3. The second-order valence-electron chi connectivity index (χ2n) is 16.8. The van der Waals surface area contributed by atoms with E-state index in [1.165, 1.54) is 37.1 Å². The van der Waals surface area contributed by atoms with E-state index in [4.69, 9.17) is 0 Å². The molecule has 0 N–H and O–H groups in total. The second-order valence-corrected chi connectivity index (χ2v) is 19.9. The highest BCUT2D eigenvalue weighted by atomic mass is 32.2. The van der Waals surface area contributed by atoms with Crippen LogP contribution in [0.2, 0.25) is 0 Å². The van der Waals surface area contributed by atoms with E-state index in [1.807, 2.05) is 0 Å². The number of rotatable bonds is 32. The van der Waals surface area contributed by atoms with Crippen molar-refractivity contribution < 1.29 is 140 Å². The van der Waals surface area contributed by atoms with Crippen LogP contribution in [0.25, 0.3) is 0 Å². The molecule has 0 fully saturated rings. The third-order valence-electron chi connectivity index (χ3n) is 12.7. The summed E-state index contributed by atoms with van der Waals surface area (Å²) >= 11 is 0. The fourth-order valence-electron chi connectivity index (χ4n) is 6.90. The van der Waals surface area contributed by atoms with Crippen molar-refractivity contribution in [2.75, 3.05) is 64.8 Å². The van der Waals surface area contributed by atoms with Crippen LogP contribution in [-0.2, 0) is 20.2 Å². The second kappa shape index (κ2) is 27.1. The van der Waals surface area contributed by atoms with Crippen LogP contribution >= 0.6 is 0 Å². The van der Waals surface area contributed by atoms with E-state index < -0.39 is 122 Å². The van der Waals surface area contributed by atoms with E-state index >= 15 is 0 Å². The van der Waals surface area contributed by atoms with Gasteiger partial charge < -0.3 is 18.1 Å². The van der Waals surface area contributed by atoms with Crippen LogP contribution in [0.1, 0.15) is 113 Å². The molecule has 0 aliphatic rings. The molecule has 1 unspecified atom stereocenters. The maximum atomic E-state index is 14.7. The van der Waals surface area contributed by atoms with Gasteiger partial charge in [-0.15, -0.1) is 0 Å². The smallest absolute Gasteiger partial charge is 0.460 e. The van der Waals surface area contributed by atoms with Crippen LogP contribution in [0.15, 0.2) is 0 Å². The van der Waals surface area contributed by atoms with Crippen LogP contribution in [0.3, 0.4) is 0 Å². The highest BCUT2D eigenvalue weighted by Crippen LogP contribution is 2.67. The molecule has 0 saturated heterocycles. The number of quaternary nitrogens is 2. The summed E-state index contributed by atoms with van der Waals surface area (Å²) in [5.74, 6) is -90.7. The molecule has 0 aliphatic carbocycles. The lowest BCUT2D eigenvalue weighted by Crippen LogP contribution is -2.78. The van der Waals surface area contributed by atoms with Gasteiger partial charge in [0.1, 0.15) is 16.7 Å². The summed E-state index contributed by atoms with van der Waals surface area (Å²) < 4.78 is 391. The Bertz CT molecular complexity index is 1820. The fraction of sp³-hybridized carbons (Fsp3) is 1.00. The number of hydrogen-bond donors (Lipinski definition) is 0. The third-order valence-corrected chi connectivity index (χ3v) is 14.6.